The van der Waals surface area contributed by atoms with Crippen molar-refractivity contribution < 1.29 is 9.63 Å². The van der Waals surface area contributed by atoms with Crippen LogP contribution in [-0.2, 0) is 15.4 Å². The Balaban J connectivity index is 1.59. The Labute approximate surface area is 183 Å². The Hall–Kier alpha value is -3.83. The molecule has 0 saturated heterocycles. The van der Waals surface area contributed by atoms with E-state index in [2.05, 4.69) is 16.5 Å². The van der Waals surface area contributed by atoms with E-state index in [0.717, 1.165) is 27.6 Å². The summed E-state index contributed by atoms with van der Waals surface area (Å²) < 4.78 is 0. The number of carbonyl (C=O) groups excluding carboxylic acids is 1. The zero-order valence-electron chi connectivity index (χ0n) is 16.2. The third-order valence-electron chi connectivity index (χ3n) is 5.73. The van der Waals surface area contributed by atoms with Crippen molar-refractivity contribution in [1.82, 2.24) is 0 Å². The molecule has 0 aliphatic carbocycles. The van der Waals surface area contributed by atoms with Crippen molar-refractivity contribution in [3.05, 3.63) is 107 Å². The van der Waals surface area contributed by atoms with Crippen molar-refractivity contribution in [2.75, 3.05) is 10.2 Å². The van der Waals surface area contributed by atoms with Crippen LogP contribution in [0.1, 0.15) is 11.1 Å². The molecule has 6 heteroatoms. The maximum absolute atomic E-state index is 13.4. The molecule has 150 valence electrons. The van der Waals surface area contributed by atoms with Crippen LogP contribution in [0, 0.1) is 0 Å². The van der Waals surface area contributed by atoms with E-state index in [-0.39, 0.29) is 5.91 Å². The van der Waals surface area contributed by atoms with Gasteiger partial charge in [0.25, 0.3) is 5.91 Å². The zero-order valence-corrected chi connectivity index (χ0v) is 17.0. The zero-order chi connectivity index (χ0) is 21.0. The highest BCUT2D eigenvalue weighted by molar-refractivity contribution is 6.30. The molecule has 0 radical (unpaired) electrons. The largest absolute Gasteiger partial charge is 0.349 e. The van der Waals surface area contributed by atoms with E-state index in [0.29, 0.717) is 16.5 Å². The van der Waals surface area contributed by atoms with Gasteiger partial charge in [0.1, 0.15) is 0 Å². The van der Waals surface area contributed by atoms with E-state index >= 15 is 0 Å². The van der Waals surface area contributed by atoms with Gasteiger partial charge in [-0.3, -0.25) is 9.69 Å². The quantitative estimate of drug-likeness (QED) is 0.461. The van der Waals surface area contributed by atoms with Gasteiger partial charge in [-0.15, -0.1) is 0 Å². The summed E-state index contributed by atoms with van der Waals surface area (Å²) in [6.07, 6.45) is 0. The van der Waals surface area contributed by atoms with E-state index in [1.165, 1.54) is 0 Å². The highest BCUT2D eigenvalue weighted by atomic mass is 35.5. The lowest BCUT2D eigenvalue weighted by Gasteiger charge is -2.32. The molecule has 1 amide bonds. The van der Waals surface area contributed by atoms with Crippen LogP contribution in [0.2, 0.25) is 5.02 Å². The van der Waals surface area contributed by atoms with Crippen LogP contribution in [-0.4, -0.2) is 11.7 Å². The molecule has 5 nitrogen and oxygen atoms in total. The lowest BCUT2D eigenvalue weighted by molar-refractivity contribution is -0.137. The molecule has 2 aliphatic rings. The fraction of sp³-hybridized carbons (Fsp3) is 0.0400. The molecule has 0 aromatic heterocycles. The SMILES string of the molecule is O=C1Nc2ccccc2C12ON=C(c1ccc(Cl)cc1)N2c1ccc2ccccc2c1. The molecular weight excluding hydrogens is 410 g/mol. The molecule has 1 unspecified atom stereocenters. The van der Waals surface area contributed by atoms with Crippen molar-refractivity contribution in [3.8, 4) is 0 Å². The third-order valence-corrected chi connectivity index (χ3v) is 5.98. The normalized spacial score (nSPS) is 19.3. The van der Waals surface area contributed by atoms with Crippen molar-refractivity contribution in [1.29, 1.82) is 0 Å². The fourth-order valence-corrected chi connectivity index (χ4v) is 4.40. The number of fused-ring (bicyclic) bond motifs is 3. The van der Waals surface area contributed by atoms with Gasteiger partial charge >= 0.3 is 5.72 Å². The molecule has 0 saturated carbocycles. The summed E-state index contributed by atoms with van der Waals surface area (Å²) in [5.74, 6) is 0.258. The van der Waals surface area contributed by atoms with Gasteiger partial charge in [0.15, 0.2) is 5.84 Å². The van der Waals surface area contributed by atoms with Gasteiger partial charge in [-0.05, 0) is 53.2 Å². The van der Waals surface area contributed by atoms with Crippen LogP contribution in [0.15, 0.2) is 96.2 Å². The monoisotopic (exact) mass is 425 g/mol. The molecule has 1 N–H and O–H groups in total. The summed E-state index contributed by atoms with van der Waals surface area (Å²) in [7, 11) is 0. The van der Waals surface area contributed by atoms with Crippen LogP contribution in [0.3, 0.4) is 0 Å². The van der Waals surface area contributed by atoms with Gasteiger partial charge in [-0.1, -0.05) is 65.3 Å². The highest BCUT2D eigenvalue weighted by Gasteiger charge is 2.59. The molecule has 2 aliphatic heterocycles. The molecule has 2 heterocycles. The fourth-order valence-electron chi connectivity index (χ4n) is 4.27. The number of amidine groups is 1. The van der Waals surface area contributed by atoms with E-state index in [4.69, 9.17) is 16.4 Å². The predicted octanol–water partition coefficient (Wildman–Crippen LogP) is 5.50. The number of anilines is 2. The molecule has 1 atom stereocenters. The van der Waals surface area contributed by atoms with Crippen molar-refractivity contribution in [3.63, 3.8) is 0 Å². The Bertz CT molecular complexity index is 1380. The number of rotatable bonds is 2. The first-order chi connectivity index (χ1) is 15.2. The van der Waals surface area contributed by atoms with Gasteiger partial charge < -0.3 is 10.2 Å². The Morgan fingerprint density at radius 3 is 2.45 bits per heavy atom. The number of para-hydroxylation sites is 1. The van der Waals surface area contributed by atoms with E-state index in [1.807, 2.05) is 77.7 Å². The number of carbonyl (C=O) groups is 1. The van der Waals surface area contributed by atoms with E-state index < -0.39 is 5.72 Å². The standard InChI is InChI=1S/C25H16ClN3O2/c26-19-12-9-17(10-13-19)23-28-31-25(21-7-3-4-8-22(21)27-24(25)30)29(23)20-14-11-16-5-1-2-6-18(16)15-20/h1-15H,(H,27,30). The predicted molar refractivity (Wildman–Crippen MR) is 122 cm³/mol. The first-order valence-corrected chi connectivity index (χ1v) is 10.3. The molecule has 1 spiro atoms. The van der Waals surface area contributed by atoms with Crippen LogP contribution < -0.4 is 10.2 Å². The Morgan fingerprint density at radius 1 is 0.871 bits per heavy atom. The van der Waals surface area contributed by atoms with Crippen molar-refractivity contribution >= 4 is 45.5 Å². The first kappa shape index (κ1) is 18.0. The summed E-state index contributed by atoms with van der Waals surface area (Å²) in [5, 5.41) is 10.1. The van der Waals surface area contributed by atoms with Gasteiger partial charge in [0.05, 0.1) is 11.3 Å². The molecule has 31 heavy (non-hydrogen) atoms. The van der Waals surface area contributed by atoms with Crippen molar-refractivity contribution in [2.45, 2.75) is 5.72 Å². The minimum absolute atomic E-state index is 0.283. The van der Waals surface area contributed by atoms with Crippen molar-refractivity contribution in [2.24, 2.45) is 5.16 Å². The second-order valence-corrected chi connectivity index (χ2v) is 7.96. The minimum atomic E-state index is -1.42. The number of amides is 1. The van der Waals surface area contributed by atoms with Crippen LogP contribution in [0.4, 0.5) is 11.4 Å². The summed E-state index contributed by atoms with van der Waals surface area (Å²) >= 11 is 6.10. The molecule has 0 bridgehead atoms. The first-order valence-electron chi connectivity index (χ1n) is 9.89. The number of halogens is 1. The lowest BCUT2D eigenvalue weighted by Crippen LogP contribution is -2.51. The van der Waals surface area contributed by atoms with Gasteiger partial charge in [-0.25, -0.2) is 0 Å². The summed E-state index contributed by atoms with van der Waals surface area (Å²) in [5.41, 5.74) is 1.61. The van der Waals surface area contributed by atoms with Gasteiger partial charge in [0.2, 0.25) is 0 Å². The number of nitrogens with zero attached hydrogens (tertiary/aromatic N) is 2. The van der Waals surface area contributed by atoms with Crippen LogP contribution in [0.5, 0.6) is 0 Å². The maximum Gasteiger partial charge on any atom is 0.322 e. The van der Waals surface area contributed by atoms with E-state index in [1.54, 1.807) is 12.1 Å². The smallest absolute Gasteiger partial charge is 0.322 e. The van der Waals surface area contributed by atoms with Crippen LogP contribution >= 0.6 is 11.6 Å². The Morgan fingerprint density at radius 2 is 1.61 bits per heavy atom. The second kappa shape index (κ2) is 6.59. The minimum Gasteiger partial charge on any atom is -0.349 e. The molecule has 4 aromatic carbocycles. The summed E-state index contributed by atoms with van der Waals surface area (Å²) in [6.45, 7) is 0. The number of nitrogens with one attached hydrogen (secondary N) is 1. The van der Waals surface area contributed by atoms with E-state index in [9.17, 15) is 4.79 Å². The van der Waals surface area contributed by atoms with Gasteiger partial charge in [-0.2, -0.15) is 0 Å². The van der Waals surface area contributed by atoms with Crippen LogP contribution in [0.25, 0.3) is 10.8 Å². The summed E-state index contributed by atoms with van der Waals surface area (Å²) in [6, 6.07) is 29.0. The third kappa shape index (κ3) is 2.57. The molecule has 6 rings (SSSR count). The lowest BCUT2D eigenvalue weighted by atomic mass is 9.99. The highest BCUT2D eigenvalue weighted by Crippen LogP contribution is 2.47. The number of hydrogen-bond acceptors (Lipinski definition) is 4. The average molecular weight is 426 g/mol. The number of benzene rings is 4. The topological polar surface area (TPSA) is 53.9 Å². The molecular formula is C25H16ClN3O2. The van der Waals surface area contributed by atoms with Gasteiger partial charge in [0, 0.05) is 16.3 Å². The average Bonchev–Trinajstić information content (AvgIpc) is 3.33. The summed E-state index contributed by atoms with van der Waals surface area (Å²) in [4.78, 5) is 21.2. The molecule has 4 aromatic rings. The molecule has 0 fully saturated rings. The number of hydrogen-bond donors (Lipinski definition) is 1. The second-order valence-electron chi connectivity index (χ2n) is 7.52. The maximum atomic E-state index is 13.4. The number of oxime groups is 1. The Kier molecular flexibility index (Phi) is 3.82.